The van der Waals surface area contributed by atoms with Gasteiger partial charge in [0.25, 0.3) is 0 Å². The summed E-state index contributed by atoms with van der Waals surface area (Å²) in [6.07, 6.45) is 1.62. The summed E-state index contributed by atoms with van der Waals surface area (Å²) in [4.78, 5) is 42.3. The number of fused-ring (bicyclic) bond motifs is 8. The van der Waals surface area contributed by atoms with Crippen molar-refractivity contribution in [2.45, 2.75) is 59.5 Å². The fourth-order valence-electron chi connectivity index (χ4n) is 6.23. The molecule has 2 amide bonds. The highest BCUT2D eigenvalue weighted by Gasteiger charge is 2.32. The average Bonchev–Trinajstić information content (AvgIpc) is 3.31. The maximum atomic E-state index is 13.4. The second kappa shape index (κ2) is 14.1. The van der Waals surface area contributed by atoms with Crippen LogP contribution in [-0.2, 0) is 27.3 Å². The van der Waals surface area contributed by atoms with Crippen molar-refractivity contribution in [3.05, 3.63) is 76.1 Å². The molecule has 0 radical (unpaired) electrons. The molecule has 10 nitrogen and oxygen atoms in total. The largest absolute Gasteiger partial charge is 0.494 e. The van der Waals surface area contributed by atoms with E-state index in [1.165, 1.54) is 6.92 Å². The minimum absolute atomic E-state index is 0.00117. The molecule has 1 aromatic heterocycles. The Kier molecular flexibility index (Phi) is 9.99. The van der Waals surface area contributed by atoms with Crippen LogP contribution in [0.25, 0.3) is 0 Å². The van der Waals surface area contributed by atoms with Crippen molar-refractivity contribution in [2.75, 3.05) is 46.1 Å². The Balaban J connectivity index is 1.35. The third kappa shape index (κ3) is 6.96. The van der Waals surface area contributed by atoms with E-state index in [9.17, 15) is 14.4 Å². The fraction of sp³-hybridized carbons (Fsp3) is 0.471. The molecule has 10 heteroatoms. The lowest BCUT2D eigenvalue weighted by Gasteiger charge is -2.38. The lowest BCUT2D eigenvalue weighted by atomic mass is 9.87. The molecule has 1 unspecified atom stereocenters. The van der Waals surface area contributed by atoms with Crippen LogP contribution in [0.3, 0.4) is 0 Å². The molecule has 0 saturated carbocycles. The van der Waals surface area contributed by atoms with E-state index in [0.717, 1.165) is 33.9 Å². The zero-order valence-electron chi connectivity index (χ0n) is 26.1. The lowest BCUT2D eigenvalue weighted by Crippen LogP contribution is -2.42. The molecule has 0 spiro atoms. The van der Waals surface area contributed by atoms with Crippen LogP contribution < -0.4 is 9.47 Å². The summed E-state index contributed by atoms with van der Waals surface area (Å²) < 4.78 is 19.5. The van der Waals surface area contributed by atoms with Crippen molar-refractivity contribution >= 4 is 17.6 Å². The van der Waals surface area contributed by atoms with Crippen molar-refractivity contribution in [2.24, 2.45) is 0 Å². The summed E-state index contributed by atoms with van der Waals surface area (Å²) in [5.41, 5.74) is 5.26. The molecule has 6 rings (SSSR count). The van der Waals surface area contributed by atoms with Gasteiger partial charge in [-0.3, -0.25) is 19.1 Å². The minimum Gasteiger partial charge on any atom is -0.494 e. The van der Waals surface area contributed by atoms with E-state index in [1.54, 1.807) is 4.68 Å². The first-order valence-electron chi connectivity index (χ1n) is 15.4. The Hall–Kier alpha value is -4.18. The van der Waals surface area contributed by atoms with E-state index < -0.39 is 0 Å². The number of aryl methyl sites for hydroxylation is 2. The molecule has 6 bridgehead atoms. The second-order valence-corrected chi connectivity index (χ2v) is 11.3. The van der Waals surface area contributed by atoms with Gasteiger partial charge in [-0.2, -0.15) is 5.10 Å². The molecule has 3 aliphatic rings. The standard InChI is InChI=1S/C34H42N4O6/c1-5-42-22-32(41)37-15-12-26-20-29-10-11-30(26)34(37)27-8-6-9-28(21-27)43-18-7-14-36(17-19-44-29)31(40)13-16-38-24(3)33(25(4)39)23(2)35-38/h6,8-11,20-21,34H,5,7,12-19,22H2,1-4H3. The third-order valence-corrected chi connectivity index (χ3v) is 8.36. The number of ketones is 1. The van der Waals surface area contributed by atoms with Gasteiger partial charge >= 0.3 is 0 Å². The Labute approximate surface area is 258 Å². The molecular weight excluding hydrogens is 560 g/mol. The number of Topliss-reactive ketones (excluding diaryl/α,β-unsaturated/α-hetero) is 1. The monoisotopic (exact) mass is 602 g/mol. The first-order chi connectivity index (χ1) is 21.3. The van der Waals surface area contributed by atoms with Gasteiger partial charge in [0.1, 0.15) is 24.7 Å². The average molecular weight is 603 g/mol. The van der Waals surface area contributed by atoms with Crippen LogP contribution in [0, 0.1) is 13.8 Å². The summed E-state index contributed by atoms with van der Waals surface area (Å²) >= 11 is 0. The van der Waals surface area contributed by atoms with Crippen LogP contribution in [0.15, 0.2) is 42.5 Å². The van der Waals surface area contributed by atoms with Crippen LogP contribution in [0.2, 0.25) is 0 Å². The number of rotatable bonds is 7. The zero-order chi connectivity index (χ0) is 31.2. The summed E-state index contributed by atoms with van der Waals surface area (Å²) in [5.74, 6) is 1.41. The number of carbonyl (C=O) groups excluding carboxylic acids is 3. The molecule has 0 saturated heterocycles. The second-order valence-electron chi connectivity index (χ2n) is 11.3. The molecule has 1 atom stereocenters. The molecule has 0 fully saturated rings. The molecule has 3 aliphatic heterocycles. The first kappa shape index (κ1) is 31.3. The summed E-state index contributed by atoms with van der Waals surface area (Å²) in [5, 5.41) is 4.49. The van der Waals surface area contributed by atoms with Crippen molar-refractivity contribution in [1.29, 1.82) is 0 Å². The number of aromatic nitrogens is 2. The van der Waals surface area contributed by atoms with Crippen molar-refractivity contribution in [1.82, 2.24) is 19.6 Å². The van der Waals surface area contributed by atoms with E-state index in [2.05, 4.69) is 11.2 Å². The number of hydrogen-bond donors (Lipinski definition) is 0. The first-order valence-corrected chi connectivity index (χ1v) is 15.4. The fourth-order valence-corrected chi connectivity index (χ4v) is 6.23. The van der Waals surface area contributed by atoms with Gasteiger partial charge in [0.2, 0.25) is 11.8 Å². The van der Waals surface area contributed by atoms with Gasteiger partial charge in [-0.15, -0.1) is 0 Å². The number of carbonyl (C=O) groups is 3. The van der Waals surface area contributed by atoms with Crippen molar-refractivity contribution < 1.29 is 28.6 Å². The van der Waals surface area contributed by atoms with Gasteiger partial charge in [0.15, 0.2) is 5.78 Å². The normalized spacial score (nSPS) is 16.8. The van der Waals surface area contributed by atoms with Crippen LogP contribution in [0.4, 0.5) is 0 Å². The van der Waals surface area contributed by atoms with E-state index in [1.807, 2.05) is 67.0 Å². The minimum atomic E-state index is -0.251. The molecular formula is C34H42N4O6. The van der Waals surface area contributed by atoms with Crippen molar-refractivity contribution in [3.63, 3.8) is 0 Å². The van der Waals surface area contributed by atoms with Gasteiger partial charge < -0.3 is 24.0 Å². The topological polar surface area (TPSA) is 103 Å². The van der Waals surface area contributed by atoms with Crippen LogP contribution in [0.5, 0.6) is 11.5 Å². The number of nitrogens with zero attached hydrogens (tertiary/aromatic N) is 4. The Morgan fingerprint density at radius 1 is 0.977 bits per heavy atom. The highest BCUT2D eigenvalue weighted by Crippen LogP contribution is 2.38. The van der Waals surface area contributed by atoms with Crippen LogP contribution in [0.1, 0.15) is 71.2 Å². The van der Waals surface area contributed by atoms with Gasteiger partial charge in [-0.05, 0) is 81.5 Å². The quantitative estimate of drug-likeness (QED) is 0.372. The van der Waals surface area contributed by atoms with Crippen molar-refractivity contribution in [3.8, 4) is 11.5 Å². The summed E-state index contributed by atoms with van der Waals surface area (Å²) in [6, 6.07) is 13.7. The van der Waals surface area contributed by atoms with E-state index in [4.69, 9.17) is 14.2 Å². The maximum Gasteiger partial charge on any atom is 0.249 e. The predicted octanol–water partition coefficient (Wildman–Crippen LogP) is 4.29. The highest BCUT2D eigenvalue weighted by atomic mass is 16.5. The van der Waals surface area contributed by atoms with E-state index in [0.29, 0.717) is 70.1 Å². The van der Waals surface area contributed by atoms with Crippen LogP contribution >= 0.6 is 0 Å². The molecule has 0 N–H and O–H groups in total. The van der Waals surface area contributed by atoms with Gasteiger partial charge in [-0.25, -0.2) is 0 Å². The number of amides is 2. The predicted molar refractivity (Wildman–Crippen MR) is 165 cm³/mol. The molecule has 0 aliphatic carbocycles. The zero-order valence-corrected chi connectivity index (χ0v) is 26.1. The third-order valence-electron chi connectivity index (χ3n) is 8.36. The summed E-state index contributed by atoms with van der Waals surface area (Å²) in [6.45, 7) is 10.4. The lowest BCUT2D eigenvalue weighted by molar-refractivity contribution is -0.138. The molecule has 4 heterocycles. The van der Waals surface area contributed by atoms with E-state index in [-0.39, 0.29) is 36.7 Å². The SMILES string of the molecule is CCOCC(=O)N1CCc2cc3ccc2C1c1cccc(c1)OCCCN(C(=O)CCn1nc(C)c(C(C)=O)c1C)CCO3. The molecule has 234 valence electrons. The number of ether oxygens (including phenoxy) is 3. The molecule has 3 aromatic rings. The smallest absolute Gasteiger partial charge is 0.249 e. The van der Waals surface area contributed by atoms with Gasteiger partial charge in [0.05, 0.1) is 30.5 Å². The Morgan fingerprint density at radius 3 is 2.55 bits per heavy atom. The summed E-state index contributed by atoms with van der Waals surface area (Å²) in [7, 11) is 0. The maximum absolute atomic E-state index is 13.4. The Morgan fingerprint density at radius 2 is 1.77 bits per heavy atom. The molecule has 44 heavy (non-hydrogen) atoms. The number of benzene rings is 2. The molecule has 2 aromatic carbocycles. The van der Waals surface area contributed by atoms with Gasteiger partial charge in [0, 0.05) is 38.4 Å². The van der Waals surface area contributed by atoms with Crippen LogP contribution in [-0.4, -0.2) is 83.2 Å². The Bertz CT molecular complexity index is 1520. The van der Waals surface area contributed by atoms with Gasteiger partial charge in [-0.1, -0.05) is 18.2 Å². The number of hydrogen-bond acceptors (Lipinski definition) is 7. The van der Waals surface area contributed by atoms with E-state index >= 15 is 0 Å². The highest BCUT2D eigenvalue weighted by molar-refractivity contribution is 5.96.